The van der Waals surface area contributed by atoms with Crippen LogP contribution in [0.15, 0.2) is 30.5 Å². The summed E-state index contributed by atoms with van der Waals surface area (Å²) in [6.45, 7) is 12.2. The zero-order chi connectivity index (χ0) is 30.9. The van der Waals surface area contributed by atoms with Gasteiger partial charge >= 0.3 is 6.09 Å². The van der Waals surface area contributed by atoms with Crippen LogP contribution in [0, 0.1) is 0 Å². The van der Waals surface area contributed by atoms with E-state index < -0.39 is 5.60 Å². The number of rotatable bonds is 8. The second-order valence-electron chi connectivity index (χ2n) is 11.7. The van der Waals surface area contributed by atoms with Crippen LogP contribution in [0.4, 0.5) is 16.4 Å². The number of aryl methyl sites for hydroxylation is 2. The number of nitrogen functional groups attached to an aromatic ring is 1. The Kier molecular flexibility index (Phi) is 9.81. The maximum Gasteiger partial charge on any atom is 0.410 e. The van der Waals surface area contributed by atoms with Crippen molar-refractivity contribution in [3.8, 4) is 0 Å². The lowest BCUT2D eigenvalue weighted by Crippen LogP contribution is -3.00. The standard InChI is InChI=1S/C30H39N9O4.BrH/c1-6-38-22-9-8-19(28(41)33-20-11-14-36(15-12-20)29(42)43-30(3,4)5)16-23(22)39(7-2)24(38)17-37(18-40)27-25(31)35-26-21(34-27)10-13-32-26;/h8-10,13,16,18,20H,6-7,11-12,14-15,17H2,1-5H3,(H3-,31,32,33,34,35,41);1H. The molecule has 0 radical (unpaired) electrons. The van der Waals surface area contributed by atoms with Gasteiger partial charge in [0.25, 0.3) is 11.7 Å². The Balaban J connectivity index is 0.00000442. The summed E-state index contributed by atoms with van der Waals surface area (Å²) in [5.41, 5.74) is 9.20. The number of H-pyrrole nitrogens is 1. The summed E-state index contributed by atoms with van der Waals surface area (Å²) in [5, 5.41) is 3.14. The summed E-state index contributed by atoms with van der Waals surface area (Å²) in [7, 11) is 0. The van der Waals surface area contributed by atoms with E-state index in [0.717, 1.165) is 16.9 Å². The fourth-order valence-corrected chi connectivity index (χ4v) is 5.61. The number of amides is 3. The molecule has 1 fully saturated rings. The minimum atomic E-state index is -0.545. The molecule has 1 aliphatic rings. The lowest BCUT2D eigenvalue weighted by Gasteiger charge is -2.33. The van der Waals surface area contributed by atoms with Crippen molar-refractivity contribution < 1.29 is 40.7 Å². The predicted molar refractivity (Wildman–Crippen MR) is 162 cm³/mol. The first-order valence-corrected chi connectivity index (χ1v) is 14.7. The topological polar surface area (TPSA) is 155 Å². The number of piperidine rings is 1. The van der Waals surface area contributed by atoms with E-state index in [1.54, 1.807) is 17.2 Å². The van der Waals surface area contributed by atoms with Crippen LogP contribution in [0.25, 0.3) is 22.2 Å². The molecule has 4 aromatic rings. The van der Waals surface area contributed by atoms with Gasteiger partial charge < -0.3 is 42.7 Å². The van der Waals surface area contributed by atoms with Crippen molar-refractivity contribution in [3.63, 3.8) is 0 Å². The highest BCUT2D eigenvalue weighted by molar-refractivity contribution is 5.97. The summed E-state index contributed by atoms with van der Waals surface area (Å²) >= 11 is 0. The number of hydrogen-bond acceptors (Lipinski definition) is 7. The first-order valence-electron chi connectivity index (χ1n) is 14.7. The highest BCUT2D eigenvalue weighted by Gasteiger charge is 2.30. The molecule has 0 spiro atoms. The van der Waals surface area contributed by atoms with E-state index in [9.17, 15) is 14.4 Å². The number of aromatic nitrogens is 5. The number of hydrogen-bond donors (Lipinski definition) is 3. The lowest BCUT2D eigenvalue weighted by atomic mass is 10.0. The monoisotopic (exact) mass is 669 g/mol. The van der Waals surface area contributed by atoms with Gasteiger partial charge in [-0.25, -0.2) is 23.9 Å². The number of anilines is 2. The minimum absolute atomic E-state index is 0. The second-order valence-corrected chi connectivity index (χ2v) is 11.7. The average molecular weight is 671 g/mol. The Morgan fingerprint density at radius 3 is 2.57 bits per heavy atom. The maximum absolute atomic E-state index is 13.3. The number of carbonyl (C=O) groups is 3. The molecule has 3 aromatic heterocycles. The quantitative estimate of drug-likeness (QED) is 0.178. The van der Waals surface area contributed by atoms with E-state index in [1.807, 2.05) is 52.8 Å². The van der Waals surface area contributed by atoms with Crippen molar-refractivity contribution in [1.82, 2.24) is 29.7 Å². The summed E-state index contributed by atoms with van der Waals surface area (Å²) in [6, 6.07) is 7.40. The molecule has 1 aliphatic heterocycles. The van der Waals surface area contributed by atoms with Crippen LogP contribution in [0.3, 0.4) is 0 Å². The van der Waals surface area contributed by atoms with Crippen molar-refractivity contribution in [3.05, 3.63) is 41.9 Å². The maximum atomic E-state index is 13.3. The number of benzene rings is 1. The van der Waals surface area contributed by atoms with Crippen LogP contribution < -0.4 is 37.5 Å². The van der Waals surface area contributed by atoms with Crippen LogP contribution in [0.5, 0.6) is 0 Å². The van der Waals surface area contributed by atoms with Gasteiger partial charge in [0.05, 0.1) is 13.1 Å². The van der Waals surface area contributed by atoms with Gasteiger partial charge in [-0.15, -0.1) is 0 Å². The molecule has 3 amide bonds. The summed E-state index contributed by atoms with van der Waals surface area (Å²) < 4.78 is 9.71. The van der Waals surface area contributed by atoms with E-state index in [-0.39, 0.29) is 53.2 Å². The number of halogens is 1. The molecule has 0 atom stereocenters. The van der Waals surface area contributed by atoms with Gasteiger partial charge in [-0.05, 0) is 65.7 Å². The normalized spacial score (nSPS) is 14.0. The van der Waals surface area contributed by atoms with Crippen molar-refractivity contribution in [1.29, 1.82) is 0 Å². The number of nitrogens with zero attached hydrogens (tertiary/aromatic N) is 6. The Bertz CT molecular complexity index is 1670. The number of nitrogens with two attached hydrogens (primary N) is 1. The van der Waals surface area contributed by atoms with E-state index in [2.05, 4.69) is 29.4 Å². The third kappa shape index (κ3) is 6.64. The molecular weight excluding hydrogens is 630 g/mol. The number of likely N-dealkylation sites (tertiary alicyclic amines) is 1. The SMILES string of the molecule is CCn1c(CN(C=O)c2nc3cc[nH]c3nc2N)[n+](CC)c2ccc(C(=O)NC3CCN(C(=O)OC(C)(C)C)CC3)cc21.[Br-]. The van der Waals surface area contributed by atoms with Gasteiger partial charge in [0.2, 0.25) is 6.41 Å². The molecule has 4 N–H and O–H groups in total. The highest BCUT2D eigenvalue weighted by atomic mass is 79.9. The molecule has 1 saturated heterocycles. The van der Waals surface area contributed by atoms with Gasteiger partial charge in [-0.2, -0.15) is 0 Å². The Morgan fingerprint density at radius 2 is 1.93 bits per heavy atom. The van der Waals surface area contributed by atoms with Crippen molar-refractivity contribution in [2.24, 2.45) is 0 Å². The van der Waals surface area contributed by atoms with Gasteiger partial charge in [-0.1, -0.05) is 0 Å². The van der Waals surface area contributed by atoms with Gasteiger partial charge in [0.15, 0.2) is 28.3 Å². The molecule has 0 saturated carbocycles. The summed E-state index contributed by atoms with van der Waals surface area (Å²) in [5.74, 6) is 1.15. The Morgan fingerprint density at radius 1 is 1.20 bits per heavy atom. The molecule has 5 rings (SSSR count). The minimum Gasteiger partial charge on any atom is -1.00 e. The predicted octanol–water partition coefficient (Wildman–Crippen LogP) is 0.118. The molecule has 0 unspecified atom stereocenters. The first-order chi connectivity index (χ1) is 20.5. The third-order valence-electron chi connectivity index (χ3n) is 7.66. The van der Waals surface area contributed by atoms with Crippen molar-refractivity contribution in [2.75, 3.05) is 23.7 Å². The van der Waals surface area contributed by atoms with Crippen LogP contribution in [0.2, 0.25) is 0 Å². The number of fused-ring (bicyclic) bond motifs is 2. The summed E-state index contributed by atoms with van der Waals surface area (Å²) in [4.78, 5) is 53.1. The van der Waals surface area contributed by atoms with E-state index >= 15 is 0 Å². The number of ether oxygens (including phenoxy) is 1. The highest BCUT2D eigenvalue weighted by Crippen LogP contribution is 2.24. The number of carbonyl (C=O) groups excluding carboxylic acids is 3. The average Bonchev–Trinajstić information content (AvgIpc) is 3.55. The Labute approximate surface area is 266 Å². The summed E-state index contributed by atoms with van der Waals surface area (Å²) in [6.07, 6.45) is 3.42. The third-order valence-corrected chi connectivity index (χ3v) is 7.66. The number of nitrogens with one attached hydrogen (secondary N) is 2. The smallest absolute Gasteiger partial charge is 0.410 e. The molecule has 0 aliphatic carbocycles. The van der Waals surface area contributed by atoms with E-state index in [1.165, 1.54) is 4.90 Å². The van der Waals surface area contributed by atoms with E-state index in [0.29, 0.717) is 62.2 Å². The number of aromatic amines is 1. The molecule has 44 heavy (non-hydrogen) atoms. The molecule has 236 valence electrons. The fraction of sp³-hybridized carbons (Fsp3) is 0.467. The van der Waals surface area contributed by atoms with Gasteiger partial charge in [0.1, 0.15) is 17.7 Å². The Hall–Kier alpha value is -4.20. The van der Waals surface area contributed by atoms with Crippen LogP contribution in [-0.4, -0.2) is 67.6 Å². The molecule has 14 heteroatoms. The second kappa shape index (κ2) is 13.2. The lowest BCUT2D eigenvalue weighted by molar-refractivity contribution is -0.676. The van der Waals surface area contributed by atoms with Crippen LogP contribution in [-0.2, 0) is 29.2 Å². The zero-order valence-electron chi connectivity index (χ0n) is 25.8. The molecule has 13 nitrogen and oxygen atoms in total. The number of imidazole rings is 1. The largest absolute Gasteiger partial charge is 1.00 e. The van der Waals surface area contributed by atoms with Crippen molar-refractivity contribution in [2.45, 2.75) is 78.7 Å². The van der Waals surface area contributed by atoms with Gasteiger partial charge in [-0.3, -0.25) is 14.5 Å². The molecule has 4 heterocycles. The van der Waals surface area contributed by atoms with E-state index in [4.69, 9.17) is 10.5 Å². The van der Waals surface area contributed by atoms with Gasteiger partial charge in [0, 0.05) is 37.0 Å². The van der Waals surface area contributed by atoms with Crippen molar-refractivity contribution >= 4 is 52.2 Å². The molecule has 0 bridgehead atoms. The van der Waals surface area contributed by atoms with Crippen LogP contribution in [0.1, 0.15) is 63.6 Å². The zero-order valence-corrected chi connectivity index (χ0v) is 27.3. The molecular formula is C30H40BrN9O4. The molecule has 1 aromatic carbocycles. The first kappa shape index (κ1) is 32.7. The van der Waals surface area contributed by atoms with Crippen LogP contribution >= 0.6 is 0 Å². The fourth-order valence-electron chi connectivity index (χ4n) is 5.61.